The molecule has 6 rings (SSSR count). The quantitative estimate of drug-likeness (QED) is 0.0596. The number of carbonyl (C=O) groups excluding carboxylic acids is 3. The van der Waals surface area contributed by atoms with E-state index in [1.165, 1.54) is 40.3 Å². The predicted molar refractivity (Wildman–Crippen MR) is 227 cm³/mol. The Morgan fingerprint density at radius 1 is 0.983 bits per heavy atom. The Balaban J connectivity index is 1.16. The topological polar surface area (TPSA) is 197 Å². The molecule has 0 bridgehead atoms. The number of rotatable bonds is 16. The molecule has 0 radical (unpaired) electrons. The van der Waals surface area contributed by atoms with Crippen LogP contribution in [0, 0.1) is 6.92 Å². The standard InChI is InChI=1S/C43H49N7O7S2/c1-29-21-23-32(24-22-29)59(55,56)48-42(44)45-25-11-18-34(38(51)40-47-33-17-9-10-20-37(33)58-40)46-39(52)35-19-12-26-50(35)41(53)36(27-30-13-5-3-6-14-30)49(2)43(54)57-28-31-15-7-4-8-16-31/h3-10,13-17,20-24,34-36,38,51H,11-12,18-19,25-28H2,1-2H3,(H,46,52)(H3,44,45,48)/t34-,35-,36+,38?/m0/s1. The van der Waals surface area contributed by atoms with Gasteiger partial charge in [-0.2, -0.15) is 0 Å². The van der Waals surface area contributed by atoms with Crippen molar-refractivity contribution in [3.05, 3.63) is 131 Å². The number of aromatic nitrogens is 1. The Morgan fingerprint density at radius 3 is 2.34 bits per heavy atom. The maximum Gasteiger partial charge on any atom is 0.410 e. The molecule has 5 N–H and O–H groups in total. The van der Waals surface area contributed by atoms with Crippen molar-refractivity contribution in [3.63, 3.8) is 0 Å². The molecule has 4 aromatic carbocycles. The Hall–Kier alpha value is -5.84. The van der Waals surface area contributed by atoms with E-state index in [2.05, 4.69) is 20.0 Å². The number of likely N-dealkylation sites (N-methyl/N-ethyl adjacent to an activating group) is 1. The maximum atomic E-state index is 14.5. The van der Waals surface area contributed by atoms with Crippen LogP contribution in [0.25, 0.3) is 10.2 Å². The minimum atomic E-state index is -3.95. The van der Waals surface area contributed by atoms with Crippen LogP contribution in [0.5, 0.6) is 0 Å². The third kappa shape index (κ3) is 11.2. The van der Waals surface area contributed by atoms with E-state index in [1.807, 2.05) is 91.9 Å². The van der Waals surface area contributed by atoms with E-state index in [0.717, 1.165) is 21.4 Å². The summed E-state index contributed by atoms with van der Waals surface area (Å²) < 4.78 is 34.4. The molecule has 0 aliphatic carbocycles. The zero-order valence-corrected chi connectivity index (χ0v) is 34.6. The summed E-state index contributed by atoms with van der Waals surface area (Å²) in [4.78, 5) is 53.7. The van der Waals surface area contributed by atoms with E-state index in [9.17, 15) is 27.9 Å². The first kappa shape index (κ1) is 42.8. The number of aliphatic hydroxyl groups is 1. The van der Waals surface area contributed by atoms with E-state index in [-0.39, 0.29) is 36.8 Å². The number of nitrogens with two attached hydrogens (primary N) is 1. The van der Waals surface area contributed by atoms with Gasteiger partial charge in [-0.05, 0) is 68.0 Å². The highest BCUT2D eigenvalue weighted by atomic mass is 32.2. The molecule has 1 aliphatic heterocycles. The van der Waals surface area contributed by atoms with Gasteiger partial charge in [0.15, 0.2) is 0 Å². The monoisotopic (exact) mass is 839 g/mol. The van der Waals surface area contributed by atoms with Crippen molar-refractivity contribution in [1.82, 2.24) is 24.8 Å². The Kier molecular flexibility index (Phi) is 14.3. The molecule has 0 spiro atoms. The molecule has 5 aromatic rings. The van der Waals surface area contributed by atoms with Gasteiger partial charge in [-0.1, -0.05) is 90.5 Å². The van der Waals surface area contributed by atoms with Gasteiger partial charge in [0.1, 0.15) is 29.8 Å². The van der Waals surface area contributed by atoms with Crippen LogP contribution in [0.1, 0.15) is 53.5 Å². The highest BCUT2D eigenvalue weighted by molar-refractivity contribution is 7.90. The number of nitrogens with zero attached hydrogens (tertiary/aromatic N) is 4. The first-order valence-corrected chi connectivity index (χ1v) is 21.7. The number of ether oxygens (including phenoxy) is 1. The molecule has 310 valence electrons. The fraction of sp³-hybridized carbons (Fsp3) is 0.326. The lowest BCUT2D eigenvalue weighted by Crippen LogP contribution is -2.56. The molecular weight excluding hydrogens is 791 g/mol. The van der Waals surface area contributed by atoms with Gasteiger partial charge in [0.2, 0.25) is 17.8 Å². The van der Waals surface area contributed by atoms with Crippen molar-refractivity contribution < 1.29 is 32.6 Å². The molecular formula is C43H49N7O7S2. The van der Waals surface area contributed by atoms with Crippen LogP contribution in [-0.4, -0.2) is 90.4 Å². The molecule has 1 saturated heterocycles. The molecule has 16 heteroatoms. The average molecular weight is 840 g/mol. The summed E-state index contributed by atoms with van der Waals surface area (Å²) in [6, 6.07) is 29.7. The predicted octanol–water partition coefficient (Wildman–Crippen LogP) is 5.07. The summed E-state index contributed by atoms with van der Waals surface area (Å²) >= 11 is 1.31. The van der Waals surface area contributed by atoms with Gasteiger partial charge in [-0.3, -0.25) is 19.5 Å². The summed E-state index contributed by atoms with van der Waals surface area (Å²) in [5, 5.41) is 15.1. The number of hydrogen-bond acceptors (Lipinski definition) is 10. The fourth-order valence-corrected chi connectivity index (χ4v) is 8.87. The van der Waals surface area contributed by atoms with Gasteiger partial charge in [0.05, 0.1) is 21.2 Å². The zero-order valence-electron chi connectivity index (χ0n) is 32.9. The SMILES string of the molecule is Cc1ccc(S(=O)(=O)NC(N)=NCCC[C@H](NC(=O)[C@@H]2CCCN2C(=O)[C@@H](Cc2ccccc2)N(C)C(=O)OCc2ccccc2)C(O)c2nc3ccccc3s2)cc1. The lowest BCUT2D eigenvalue weighted by molar-refractivity contribution is -0.142. The average Bonchev–Trinajstić information content (AvgIpc) is 3.92. The molecule has 3 amide bonds. The Morgan fingerprint density at radius 2 is 1.64 bits per heavy atom. The summed E-state index contributed by atoms with van der Waals surface area (Å²) in [7, 11) is -2.42. The smallest absolute Gasteiger partial charge is 0.410 e. The number of nitrogens with one attached hydrogen (secondary N) is 2. The fourth-order valence-electron chi connectivity index (χ4n) is 6.90. The van der Waals surface area contributed by atoms with Crippen molar-refractivity contribution in [2.45, 2.75) is 74.8 Å². The maximum absolute atomic E-state index is 14.5. The second kappa shape index (κ2) is 19.7. The molecule has 1 unspecified atom stereocenters. The molecule has 1 fully saturated rings. The van der Waals surface area contributed by atoms with Crippen molar-refractivity contribution in [2.75, 3.05) is 20.1 Å². The molecule has 2 heterocycles. The Labute approximate surface area is 348 Å². The van der Waals surface area contributed by atoms with E-state index in [4.69, 9.17) is 10.5 Å². The van der Waals surface area contributed by atoms with Gasteiger partial charge in [0, 0.05) is 26.6 Å². The van der Waals surface area contributed by atoms with Gasteiger partial charge in [0.25, 0.3) is 10.0 Å². The van der Waals surface area contributed by atoms with Gasteiger partial charge in [-0.25, -0.2) is 22.9 Å². The number of hydrogen-bond donors (Lipinski definition) is 4. The number of amides is 3. The summed E-state index contributed by atoms with van der Waals surface area (Å²) in [6.45, 7) is 2.27. The number of aliphatic imine (C=N–C) groups is 1. The van der Waals surface area contributed by atoms with Crippen molar-refractivity contribution in [3.8, 4) is 0 Å². The number of thiazole rings is 1. The van der Waals surface area contributed by atoms with Crippen LogP contribution in [0.2, 0.25) is 0 Å². The van der Waals surface area contributed by atoms with Crippen molar-refractivity contribution in [2.24, 2.45) is 10.7 Å². The number of aliphatic hydroxyl groups excluding tert-OH is 1. The van der Waals surface area contributed by atoms with Crippen LogP contribution in [0.3, 0.4) is 0 Å². The van der Waals surface area contributed by atoms with E-state index < -0.39 is 52.2 Å². The number of guanidine groups is 1. The molecule has 1 aromatic heterocycles. The lowest BCUT2D eigenvalue weighted by atomic mass is 10.0. The largest absolute Gasteiger partial charge is 0.445 e. The summed E-state index contributed by atoms with van der Waals surface area (Å²) in [6.07, 6.45) is -0.218. The van der Waals surface area contributed by atoms with Gasteiger partial charge < -0.3 is 25.8 Å². The normalized spacial score (nSPS) is 15.9. The Bertz CT molecular complexity index is 2310. The number of aryl methyl sites for hydroxylation is 1. The second-order valence-corrected chi connectivity index (χ2v) is 17.2. The minimum Gasteiger partial charge on any atom is -0.445 e. The first-order valence-electron chi connectivity index (χ1n) is 19.4. The van der Waals surface area contributed by atoms with Gasteiger partial charge in [-0.15, -0.1) is 11.3 Å². The van der Waals surface area contributed by atoms with E-state index >= 15 is 0 Å². The second-order valence-electron chi connectivity index (χ2n) is 14.5. The molecule has 1 aliphatic rings. The van der Waals surface area contributed by atoms with E-state index in [0.29, 0.717) is 36.3 Å². The lowest BCUT2D eigenvalue weighted by Gasteiger charge is -2.33. The third-order valence-corrected chi connectivity index (χ3v) is 12.6. The van der Waals surface area contributed by atoms with Crippen LogP contribution < -0.4 is 15.8 Å². The summed E-state index contributed by atoms with van der Waals surface area (Å²) in [5.41, 5.74) is 9.21. The number of benzene rings is 4. The minimum absolute atomic E-state index is 0.0321. The number of fused-ring (bicyclic) bond motifs is 1. The molecule has 0 saturated carbocycles. The van der Waals surface area contributed by atoms with Crippen molar-refractivity contribution >= 4 is 55.4 Å². The van der Waals surface area contributed by atoms with Crippen molar-refractivity contribution in [1.29, 1.82) is 0 Å². The number of carbonyl (C=O) groups is 3. The van der Waals surface area contributed by atoms with Crippen LogP contribution in [0.4, 0.5) is 4.79 Å². The molecule has 59 heavy (non-hydrogen) atoms. The van der Waals surface area contributed by atoms with Crippen LogP contribution in [0.15, 0.2) is 119 Å². The zero-order chi connectivity index (χ0) is 41.9. The highest BCUT2D eigenvalue weighted by Gasteiger charge is 2.41. The number of para-hydroxylation sites is 1. The number of likely N-dealkylation sites (tertiary alicyclic amines) is 1. The number of sulfonamides is 1. The molecule has 4 atom stereocenters. The van der Waals surface area contributed by atoms with E-state index in [1.54, 1.807) is 12.1 Å². The van der Waals surface area contributed by atoms with Crippen LogP contribution >= 0.6 is 11.3 Å². The van der Waals surface area contributed by atoms with Gasteiger partial charge >= 0.3 is 6.09 Å². The highest BCUT2D eigenvalue weighted by Crippen LogP contribution is 2.30. The first-order chi connectivity index (χ1) is 28.4. The van der Waals surface area contributed by atoms with Crippen LogP contribution in [-0.2, 0) is 37.4 Å². The molecule has 14 nitrogen and oxygen atoms in total. The third-order valence-electron chi connectivity index (χ3n) is 10.2. The summed E-state index contributed by atoms with van der Waals surface area (Å²) in [5.74, 6) is -1.15.